The van der Waals surface area contributed by atoms with Gasteiger partial charge < -0.3 is 11.1 Å². The molecule has 0 aliphatic rings. The van der Waals surface area contributed by atoms with Crippen LogP contribution in [0.5, 0.6) is 0 Å². The molecule has 1 aromatic rings. The number of carbonyl (C=O) groups excluding carboxylic acids is 1. The summed E-state index contributed by atoms with van der Waals surface area (Å²) in [5, 5.41) is 2.79. The van der Waals surface area contributed by atoms with Gasteiger partial charge in [0.05, 0.1) is 23.7 Å². The molecule has 112 valence electrons. The van der Waals surface area contributed by atoms with Crippen molar-refractivity contribution in [1.82, 2.24) is 4.90 Å². The van der Waals surface area contributed by atoms with Gasteiger partial charge in [-0.15, -0.1) is 0 Å². The highest BCUT2D eigenvalue weighted by molar-refractivity contribution is 6.34. The summed E-state index contributed by atoms with van der Waals surface area (Å²) in [5.41, 5.74) is 6.33. The van der Waals surface area contributed by atoms with Crippen molar-refractivity contribution in [1.29, 1.82) is 0 Å². The fourth-order valence-electron chi connectivity index (χ4n) is 1.46. The Hall–Kier alpha value is -1.47. The Bertz CT molecular complexity index is 480. The van der Waals surface area contributed by atoms with Crippen LogP contribution in [0.3, 0.4) is 0 Å². The number of amides is 1. The van der Waals surface area contributed by atoms with E-state index in [-0.39, 0.29) is 18.1 Å². The number of alkyl halides is 3. The van der Waals surface area contributed by atoms with Crippen molar-refractivity contribution in [3.63, 3.8) is 0 Å². The zero-order valence-electron chi connectivity index (χ0n) is 10.8. The maximum atomic E-state index is 12.0. The molecule has 0 saturated carbocycles. The van der Waals surface area contributed by atoms with Crippen LogP contribution in [-0.2, 0) is 4.79 Å². The standard InChI is InChI=1S/C12H15ClF3N3O/c1-19(5-4-12(14,15)16)7-11(20)18-10-3-2-8(17)6-9(10)13/h2-3,6H,4-5,7,17H2,1H3,(H,18,20). The predicted octanol–water partition coefficient (Wildman–Crippen LogP) is 2.74. The van der Waals surface area contributed by atoms with Crippen LogP contribution in [0, 0.1) is 0 Å². The van der Waals surface area contributed by atoms with E-state index in [1.165, 1.54) is 24.1 Å². The van der Waals surface area contributed by atoms with E-state index < -0.39 is 18.5 Å². The van der Waals surface area contributed by atoms with Crippen LogP contribution in [0.4, 0.5) is 24.5 Å². The fraction of sp³-hybridized carbons (Fsp3) is 0.417. The van der Waals surface area contributed by atoms with Crippen molar-refractivity contribution in [3.8, 4) is 0 Å². The lowest BCUT2D eigenvalue weighted by atomic mass is 10.3. The van der Waals surface area contributed by atoms with Crippen LogP contribution in [0.25, 0.3) is 0 Å². The van der Waals surface area contributed by atoms with Crippen molar-refractivity contribution < 1.29 is 18.0 Å². The van der Waals surface area contributed by atoms with Gasteiger partial charge in [0.2, 0.25) is 5.91 Å². The Labute approximate surface area is 119 Å². The van der Waals surface area contributed by atoms with Crippen LogP contribution in [0.2, 0.25) is 5.02 Å². The van der Waals surface area contributed by atoms with E-state index in [1.54, 1.807) is 6.07 Å². The third kappa shape index (κ3) is 6.12. The average molecular weight is 310 g/mol. The molecule has 0 aromatic heterocycles. The van der Waals surface area contributed by atoms with E-state index in [0.717, 1.165) is 0 Å². The molecule has 20 heavy (non-hydrogen) atoms. The largest absolute Gasteiger partial charge is 0.399 e. The number of anilines is 2. The van der Waals surface area contributed by atoms with Gasteiger partial charge in [-0.25, -0.2) is 0 Å². The Morgan fingerprint density at radius 1 is 1.45 bits per heavy atom. The van der Waals surface area contributed by atoms with E-state index in [4.69, 9.17) is 17.3 Å². The van der Waals surface area contributed by atoms with Crippen molar-refractivity contribution in [2.75, 3.05) is 31.2 Å². The molecule has 1 rings (SSSR count). The topological polar surface area (TPSA) is 58.4 Å². The molecule has 4 nitrogen and oxygen atoms in total. The van der Waals surface area contributed by atoms with Crippen molar-refractivity contribution >= 4 is 28.9 Å². The smallest absolute Gasteiger partial charge is 0.390 e. The van der Waals surface area contributed by atoms with E-state index in [9.17, 15) is 18.0 Å². The van der Waals surface area contributed by atoms with Gasteiger partial charge in [0.25, 0.3) is 0 Å². The SMILES string of the molecule is CN(CCC(F)(F)F)CC(=O)Nc1ccc(N)cc1Cl. The number of nitrogens with zero attached hydrogens (tertiary/aromatic N) is 1. The van der Waals surface area contributed by atoms with Gasteiger partial charge >= 0.3 is 6.18 Å². The van der Waals surface area contributed by atoms with Gasteiger partial charge in [-0.3, -0.25) is 9.69 Å². The summed E-state index contributed by atoms with van der Waals surface area (Å²) < 4.78 is 36.1. The lowest BCUT2D eigenvalue weighted by Crippen LogP contribution is -2.32. The first kappa shape index (κ1) is 16.6. The van der Waals surface area contributed by atoms with Crippen molar-refractivity contribution in [2.24, 2.45) is 0 Å². The maximum Gasteiger partial charge on any atom is 0.390 e. The highest BCUT2D eigenvalue weighted by Crippen LogP contribution is 2.24. The number of benzene rings is 1. The minimum Gasteiger partial charge on any atom is -0.399 e. The average Bonchev–Trinajstić information content (AvgIpc) is 2.29. The molecule has 0 aliphatic carbocycles. The molecule has 0 heterocycles. The van der Waals surface area contributed by atoms with Crippen LogP contribution in [0.1, 0.15) is 6.42 Å². The van der Waals surface area contributed by atoms with E-state index in [2.05, 4.69) is 5.32 Å². The van der Waals surface area contributed by atoms with Gasteiger partial charge in [0, 0.05) is 12.2 Å². The maximum absolute atomic E-state index is 12.0. The number of rotatable bonds is 5. The van der Waals surface area contributed by atoms with E-state index >= 15 is 0 Å². The lowest BCUT2D eigenvalue weighted by Gasteiger charge is -2.17. The van der Waals surface area contributed by atoms with Crippen LogP contribution < -0.4 is 11.1 Å². The molecule has 0 bridgehead atoms. The Morgan fingerprint density at radius 2 is 2.10 bits per heavy atom. The third-order valence-electron chi connectivity index (χ3n) is 2.46. The molecule has 8 heteroatoms. The molecule has 0 unspecified atom stereocenters. The number of halogens is 4. The van der Waals surface area contributed by atoms with Crippen molar-refractivity contribution in [3.05, 3.63) is 23.2 Å². The van der Waals surface area contributed by atoms with Gasteiger partial charge in [-0.1, -0.05) is 11.6 Å². The minimum atomic E-state index is -4.23. The summed E-state index contributed by atoms with van der Waals surface area (Å²) in [5.74, 6) is -0.443. The molecule has 0 radical (unpaired) electrons. The van der Waals surface area contributed by atoms with E-state index in [0.29, 0.717) is 11.4 Å². The second-order valence-corrected chi connectivity index (χ2v) is 4.80. The van der Waals surface area contributed by atoms with Crippen LogP contribution >= 0.6 is 11.6 Å². The first-order chi connectivity index (χ1) is 9.17. The van der Waals surface area contributed by atoms with Gasteiger partial charge in [-0.05, 0) is 25.2 Å². The molecule has 0 saturated heterocycles. The quantitative estimate of drug-likeness (QED) is 0.822. The van der Waals surface area contributed by atoms with Gasteiger partial charge in [-0.2, -0.15) is 13.2 Å². The lowest BCUT2D eigenvalue weighted by molar-refractivity contribution is -0.138. The predicted molar refractivity (Wildman–Crippen MR) is 72.7 cm³/mol. The zero-order valence-corrected chi connectivity index (χ0v) is 11.6. The molecule has 1 amide bonds. The molecular formula is C12H15ClF3N3O. The Morgan fingerprint density at radius 3 is 2.65 bits per heavy atom. The van der Waals surface area contributed by atoms with Crippen LogP contribution in [-0.4, -0.2) is 37.1 Å². The minimum absolute atomic E-state index is 0.156. The molecular weight excluding hydrogens is 295 g/mol. The van der Waals surface area contributed by atoms with Crippen LogP contribution in [0.15, 0.2) is 18.2 Å². The molecule has 0 atom stereocenters. The summed E-state index contributed by atoms with van der Waals surface area (Å²) in [6.45, 7) is -0.400. The second kappa shape index (κ2) is 6.81. The summed E-state index contributed by atoms with van der Waals surface area (Å²) in [4.78, 5) is 12.9. The second-order valence-electron chi connectivity index (χ2n) is 4.39. The Balaban J connectivity index is 2.47. The molecule has 3 N–H and O–H groups in total. The highest BCUT2D eigenvalue weighted by Gasteiger charge is 2.27. The molecule has 1 aromatic carbocycles. The summed E-state index contributed by atoms with van der Waals surface area (Å²) >= 11 is 5.87. The van der Waals surface area contributed by atoms with Gasteiger partial charge in [0.1, 0.15) is 0 Å². The summed E-state index contributed by atoms with van der Waals surface area (Å²) in [7, 11) is 1.44. The number of hydrogen-bond acceptors (Lipinski definition) is 3. The first-order valence-electron chi connectivity index (χ1n) is 5.77. The first-order valence-corrected chi connectivity index (χ1v) is 6.15. The normalized spacial score (nSPS) is 11.7. The van der Waals surface area contributed by atoms with Gasteiger partial charge in [0.15, 0.2) is 0 Å². The zero-order chi connectivity index (χ0) is 15.3. The number of hydrogen-bond donors (Lipinski definition) is 2. The monoisotopic (exact) mass is 309 g/mol. The summed E-state index contributed by atoms with van der Waals surface area (Å²) in [6.07, 6.45) is -5.19. The third-order valence-corrected chi connectivity index (χ3v) is 2.77. The number of nitrogens with two attached hydrogens (primary N) is 1. The number of nitrogens with one attached hydrogen (secondary N) is 1. The summed E-state index contributed by atoms with van der Waals surface area (Å²) in [6, 6.07) is 4.57. The Kier molecular flexibility index (Phi) is 5.64. The molecule has 0 spiro atoms. The highest BCUT2D eigenvalue weighted by atomic mass is 35.5. The fourth-order valence-corrected chi connectivity index (χ4v) is 1.70. The van der Waals surface area contributed by atoms with Crippen molar-refractivity contribution in [2.45, 2.75) is 12.6 Å². The number of carbonyl (C=O) groups is 1. The number of nitrogen functional groups attached to an aromatic ring is 1. The molecule has 0 fully saturated rings. The molecule has 0 aliphatic heterocycles. The van der Waals surface area contributed by atoms with E-state index in [1.807, 2.05) is 0 Å². The number of likely N-dealkylation sites (N-methyl/N-ethyl adjacent to an activating group) is 1.